The molecular weight excluding hydrogens is 496 g/mol. The summed E-state index contributed by atoms with van der Waals surface area (Å²) >= 11 is 0. The molecule has 1 N–H and O–H groups in total. The number of allylic oxidation sites excluding steroid dienone is 1. The third kappa shape index (κ3) is 3.52. The van der Waals surface area contributed by atoms with Crippen LogP contribution >= 0.6 is 0 Å². The van der Waals surface area contributed by atoms with E-state index in [1.165, 1.54) is 25.7 Å². The fourth-order valence-corrected chi connectivity index (χ4v) is 11.4. The third-order valence-electron chi connectivity index (χ3n) is 14.2. The van der Waals surface area contributed by atoms with Crippen molar-refractivity contribution in [3.05, 3.63) is 47.5 Å². The summed E-state index contributed by atoms with van der Waals surface area (Å²) in [4.78, 5) is 0. The molecular formula is C36H52O4. The number of fused-ring (bicyclic) bond motifs is 9. The van der Waals surface area contributed by atoms with Crippen LogP contribution in [-0.4, -0.2) is 29.7 Å². The van der Waals surface area contributed by atoms with Crippen LogP contribution in [0.3, 0.4) is 0 Å². The second kappa shape index (κ2) is 8.68. The molecule has 6 aliphatic rings. The minimum absolute atomic E-state index is 0.0486. The molecule has 0 aromatic heterocycles. The van der Waals surface area contributed by atoms with Crippen LogP contribution in [0.25, 0.3) is 0 Å². The van der Waals surface area contributed by atoms with Crippen LogP contribution in [0.2, 0.25) is 0 Å². The van der Waals surface area contributed by atoms with Gasteiger partial charge in [0, 0.05) is 22.3 Å². The normalized spacial score (nSPS) is 53.1. The fraction of sp³-hybridized carbons (Fsp3) is 0.778. The van der Waals surface area contributed by atoms with E-state index in [1.54, 1.807) is 5.57 Å². The predicted molar refractivity (Wildman–Crippen MR) is 157 cm³/mol. The molecule has 2 heterocycles. The summed E-state index contributed by atoms with van der Waals surface area (Å²) in [6.45, 7) is 17.8. The van der Waals surface area contributed by atoms with Crippen LogP contribution in [0.4, 0.5) is 0 Å². The molecule has 1 aromatic rings. The lowest BCUT2D eigenvalue weighted by atomic mass is 9.34. The lowest BCUT2D eigenvalue weighted by Gasteiger charge is -2.72. The average Bonchev–Trinajstić information content (AvgIpc) is 2.90. The number of aliphatic hydroxyl groups excluding tert-OH is 1. The smallest absolute Gasteiger partial charge is 0.184 e. The first kappa shape index (κ1) is 27.6. The number of benzene rings is 1. The zero-order valence-corrected chi connectivity index (χ0v) is 26.0. The maximum Gasteiger partial charge on any atom is 0.184 e. The first-order chi connectivity index (χ1) is 18.8. The first-order valence-electron chi connectivity index (χ1n) is 16.2. The standard InChI is InChI=1S/C36H52O4/c1-31(2)21-25-24-13-14-27-32(3)17-16-28-33(4,22-38-29(39-28)23-11-9-8-10-12-23)26(32)15-18-35(27,6)34(24,5)19-20-36(25,7)40-30(31)37/h8-13,25-30,37H,14-22H2,1-7H3/t25-,26?,27-,28?,29?,30+,32+,33+,34-,35-,36-/m1/s1. The molecule has 7 rings (SSSR count). The van der Waals surface area contributed by atoms with Crippen molar-refractivity contribution in [3.8, 4) is 0 Å². The summed E-state index contributed by atoms with van der Waals surface area (Å²) in [6.07, 6.45) is 11.2. The highest BCUT2D eigenvalue weighted by Crippen LogP contribution is 2.75. The highest BCUT2D eigenvalue weighted by atomic mass is 16.7. The Morgan fingerprint density at radius 2 is 1.57 bits per heavy atom. The van der Waals surface area contributed by atoms with Crippen molar-refractivity contribution < 1.29 is 19.3 Å². The van der Waals surface area contributed by atoms with Crippen LogP contribution in [0, 0.1) is 44.8 Å². The summed E-state index contributed by atoms with van der Waals surface area (Å²) in [5.74, 6) is 1.65. The van der Waals surface area contributed by atoms with Gasteiger partial charge < -0.3 is 19.3 Å². The van der Waals surface area contributed by atoms with E-state index < -0.39 is 6.29 Å². The molecule has 220 valence electrons. The summed E-state index contributed by atoms with van der Waals surface area (Å²) in [5.41, 5.74) is 3.05. The molecule has 0 radical (unpaired) electrons. The first-order valence-corrected chi connectivity index (χ1v) is 16.2. The Morgan fingerprint density at radius 3 is 2.33 bits per heavy atom. The SMILES string of the molecule is CC1(C)C[C@@H]2C3=CC[C@@H]4[C@@]5(C)CCC6OC(c7ccccc7)OC[C@@]6(C)C5CC[C@@]4(C)[C@]3(C)CC[C@@]2(C)O[C@@H]1O. The van der Waals surface area contributed by atoms with E-state index in [0.717, 1.165) is 37.9 Å². The van der Waals surface area contributed by atoms with E-state index in [1.807, 2.05) is 0 Å². The summed E-state index contributed by atoms with van der Waals surface area (Å²) < 4.78 is 19.8. The van der Waals surface area contributed by atoms with Gasteiger partial charge >= 0.3 is 0 Å². The second-order valence-corrected chi connectivity index (χ2v) is 16.5. The van der Waals surface area contributed by atoms with Crippen molar-refractivity contribution in [2.24, 2.45) is 44.8 Å². The molecule has 0 spiro atoms. The highest BCUT2D eigenvalue weighted by molar-refractivity contribution is 5.34. The Labute approximate surface area is 242 Å². The summed E-state index contributed by atoms with van der Waals surface area (Å²) in [6, 6.07) is 10.5. The van der Waals surface area contributed by atoms with Crippen LogP contribution < -0.4 is 0 Å². The molecule has 3 saturated carbocycles. The van der Waals surface area contributed by atoms with E-state index in [4.69, 9.17) is 14.2 Å². The average molecular weight is 549 g/mol. The Morgan fingerprint density at radius 1 is 0.825 bits per heavy atom. The monoisotopic (exact) mass is 548 g/mol. The lowest BCUT2D eigenvalue weighted by Crippen LogP contribution is -2.67. The van der Waals surface area contributed by atoms with E-state index in [9.17, 15) is 5.11 Å². The van der Waals surface area contributed by atoms with Gasteiger partial charge in [-0.2, -0.15) is 0 Å². The molecule has 4 aliphatic carbocycles. The minimum Gasteiger partial charge on any atom is -0.367 e. The Balaban J connectivity index is 1.20. The van der Waals surface area contributed by atoms with Crippen molar-refractivity contribution in [2.45, 2.75) is 124 Å². The maximum atomic E-state index is 10.8. The van der Waals surface area contributed by atoms with Gasteiger partial charge in [0.2, 0.25) is 0 Å². The quantitative estimate of drug-likeness (QED) is 0.359. The van der Waals surface area contributed by atoms with Gasteiger partial charge in [-0.05, 0) is 86.4 Å². The van der Waals surface area contributed by atoms with Crippen LogP contribution in [0.15, 0.2) is 42.0 Å². The molecule has 40 heavy (non-hydrogen) atoms. The molecule has 0 amide bonds. The lowest BCUT2D eigenvalue weighted by molar-refractivity contribution is -0.320. The largest absolute Gasteiger partial charge is 0.367 e. The van der Waals surface area contributed by atoms with E-state index in [-0.39, 0.29) is 45.1 Å². The van der Waals surface area contributed by atoms with Gasteiger partial charge in [0.25, 0.3) is 0 Å². The van der Waals surface area contributed by atoms with Gasteiger partial charge in [-0.1, -0.05) is 83.5 Å². The van der Waals surface area contributed by atoms with Crippen LogP contribution in [-0.2, 0) is 14.2 Å². The fourth-order valence-electron chi connectivity index (χ4n) is 11.4. The molecule has 1 aromatic carbocycles. The van der Waals surface area contributed by atoms with Crippen LogP contribution in [0.5, 0.6) is 0 Å². The molecule has 11 atom stereocenters. The van der Waals surface area contributed by atoms with E-state index >= 15 is 0 Å². The van der Waals surface area contributed by atoms with Crippen molar-refractivity contribution in [2.75, 3.05) is 6.61 Å². The van der Waals surface area contributed by atoms with Gasteiger partial charge in [-0.3, -0.25) is 0 Å². The number of rotatable bonds is 1. The summed E-state index contributed by atoms with van der Waals surface area (Å²) in [7, 11) is 0. The maximum absolute atomic E-state index is 10.8. The number of aliphatic hydroxyl groups is 1. The number of hydrogen-bond donors (Lipinski definition) is 1. The predicted octanol–water partition coefficient (Wildman–Crippen LogP) is 8.21. The molecule has 5 fully saturated rings. The topological polar surface area (TPSA) is 47.9 Å². The van der Waals surface area contributed by atoms with Crippen molar-refractivity contribution >= 4 is 0 Å². The second-order valence-electron chi connectivity index (χ2n) is 16.5. The van der Waals surface area contributed by atoms with Crippen molar-refractivity contribution in [1.82, 2.24) is 0 Å². The Hall–Kier alpha value is -1.20. The van der Waals surface area contributed by atoms with Crippen molar-refractivity contribution in [3.63, 3.8) is 0 Å². The van der Waals surface area contributed by atoms with Crippen molar-refractivity contribution in [1.29, 1.82) is 0 Å². The number of ether oxygens (including phenoxy) is 3. The molecule has 0 bridgehead atoms. The Kier molecular flexibility index (Phi) is 5.99. The molecule has 2 saturated heterocycles. The zero-order chi connectivity index (χ0) is 28.3. The third-order valence-corrected chi connectivity index (χ3v) is 14.2. The molecule has 2 aliphatic heterocycles. The van der Waals surface area contributed by atoms with Gasteiger partial charge in [-0.15, -0.1) is 0 Å². The Bertz CT molecular complexity index is 1190. The van der Waals surface area contributed by atoms with Gasteiger partial charge in [-0.25, -0.2) is 0 Å². The van der Waals surface area contributed by atoms with Crippen LogP contribution in [0.1, 0.15) is 112 Å². The van der Waals surface area contributed by atoms with Gasteiger partial charge in [0.1, 0.15) is 0 Å². The minimum atomic E-state index is -0.683. The van der Waals surface area contributed by atoms with Gasteiger partial charge in [0.15, 0.2) is 12.6 Å². The van der Waals surface area contributed by atoms with E-state index in [0.29, 0.717) is 17.8 Å². The van der Waals surface area contributed by atoms with E-state index in [2.05, 4.69) is 84.9 Å². The molecule has 3 unspecified atom stereocenters. The zero-order valence-electron chi connectivity index (χ0n) is 26.0. The van der Waals surface area contributed by atoms with Gasteiger partial charge in [0.05, 0.1) is 18.3 Å². The summed E-state index contributed by atoms with van der Waals surface area (Å²) in [5, 5.41) is 10.8. The molecule has 4 heteroatoms. The molecule has 4 nitrogen and oxygen atoms in total. The highest BCUT2D eigenvalue weighted by Gasteiger charge is 2.69. The number of hydrogen-bond acceptors (Lipinski definition) is 4.